The highest BCUT2D eigenvalue weighted by molar-refractivity contribution is 6.02. The van der Waals surface area contributed by atoms with E-state index in [1.54, 1.807) is 13.2 Å². The first kappa shape index (κ1) is 22.0. The molecule has 7 heteroatoms. The van der Waals surface area contributed by atoms with Gasteiger partial charge in [0.15, 0.2) is 0 Å². The number of methoxy groups -OCH3 is 1. The van der Waals surface area contributed by atoms with Gasteiger partial charge in [0.25, 0.3) is 5.91 Å². The molecule has 1 saturated heterocycles. The van der Waals surface area contributed by atoms with Crippen LogP contribution in [-0.2, 0) is 4.74 Å². The molecule has 156 valence electrons. The van der Waals surface area contributed by atoms with Crippen molar-refractivity contribution in [2.45, 2.75) is 39.5 Å². The zero-order valence-electron chi connectivity index (χ0n) is 17.3. The van der Waals surface area contributed by atoms with Crippen molar-refractivity contribution in [2.75, 3.05) is 50.1 Å². The number of rotatable bonds is 9. The van der Waals surface area contributed by atoms with Crippen LogP contribution >= 0.6 is 0 Å². The minimum Gasteiger partial charge on any atom is -0.383 e. The van der Waals surface area contributed by atoms with Crippen LogP contribution in [0.25, 0.3) is 0 Å². The van der Waals surface area contributed by atoms with E-state index in [-0.39, 0.29) is 11.9 Å². The van der Waals surface area contributed by atoms with E-state index >= 15 is 0 Å². The van der Waals surface area contributed by atoms with Crippen LogP contribution in [0.15, 0.2) is 18.2 Å². The second-order valence-corrected chi connectivity index (χ2v) is 7.38. The number of carbonyl (C=O) groups excluding carboxylic acids is 2. The molecule has 1 aromatic rings. The van der Waals surface area contributed by atoms with Gasteiger partial charge in [-0.1, -0.05) is 20.3 Å². The number of nitrogens with zero attached hydrogens (tertiary/aromatic N) is 1. The third-order valence-corrected chi connectivity index (χ3v) is 5.03. The summed E-state index contributed by atoms with van der Waals surface area (Å²) in [5, 5.41) is 8.55. The van der Waals surface area contributed by atoms with E-state index in [9.17, 15) is 9.59 Å². The van der Waals surface area contributed by atoms with Crippen molar-refractivity contribution in [2.24, 2.45) is 5.92 Å². The maximum atomic E-state index is 12.8. The Balaban J connectivity index is 2.14. The zero-order valence-corrected chi connectivity index (χ0v) is 17.3. The summed E-state index contributed by atoms with van der Waals surface area (Å²) in [5.41, 5.74) is 2.11. The SMILES string of the molecule is CCCCNC(=O)Nc1ccc(N2CCC(C)CC2)c(C(=O)NCCOC)c1. The Bertz CT molecular complexity index is 643. The van der Waals surface area contributed by atoms with Crippen LogP contribution in [0, 0.1) is 5.92 Å². The number of hydrogen-bond acceptors (Lipinski definition) is 4. The Hall–Kier alpha value is -2.28. The molecule has 1 aliphatic heterocycles. The van der Waals surface area contributed by atoms with E-state index in [0.717, 1.165) is 44.5 Å². The van der Waals surface area contributed by atoms with Crippen molar-refractivity contribution >= 4 is 23.3 Å². The van der Waals surface area contributed by atoms with Crippen LogP contribution in [0.2, 0.25) is 0 Å². The van der Waals surface area contributed by atoms with Crippen LogP contribution in [0.1, 0.15) is 49.9 Å². The van der Waals surface area contributed by atoms with E-state index in [2.05, 4.69) is 34.7 Å². The number of anilines is 2. The lowest BCUT2D eigenvalue weighted by atomic mass is 9.98. The molecule has 2 rings (SSSR count). The number of nitrogens with one attached hydrogen (secondary N) is 3. The first-order valence-corrected chi connectivity index (χ1v) is 10.3. The van der Waals surface area contributed by atoms with Crippen molar-refractivity contribution in [3.63, 3.8) is 0 Å². The monoisotopic (exact) mass is 390 g/mol. The maximum Gasteiger partial charge on any atom is 0.319 e. The normalized spacial score (nSPS) is 14.6. The molecular weight excluding hydrogens is 356 g/mol. The fraction of sp³-hybridized carbons (Fsp3) is 0.619. The molecule has 0 unspecified atom stereocenters. The Morgan fingerprint density at radius 1 is 1.18 bits per heavy atom. The van der Waals surface area contributed by atoms with Crippen molar-refractivity contribution in [1.29, 1.82) is 0 Å². The van der Waals surface area contributed by atoms with Crippen LogP contribution in [0.3, 0.4) is 0 Å². The molecule has 1 fully saturated rings. The summed E-state index contributed by atoms with van der Waals surface area (Å²) in [6.45, 7) is 7.75. The Morgan fingerprint density at radius 3 is 2.61 bits per heavy atom. The second kappa shape index (κ2) is 11.5. The number of carbonyl (C=O) groups is 2. The number of benzene rings is 1. The molecule has 0 bridgehead atoms. The van der Waals surface area contributed by atoms with E-state index in [1.165, 1.54) is 0 Å². The predicted octanol–water partition coefficient (Wildman–Crippen LogP) is 3.22. The largest absolute Gasteiger partial charge is 0.383 e. The zero-order chi connectivity index (χ0) is 20.4. The Labute approximate surface area is 168 Å². The molecule has 0 aliphatic carbocycles. The van der Waals surface area contributed by atoms with Crippen molar-refractivity contribution in [1.82, 2.24) is 10.6 Å². The summed E-state index contributed by atoms with van der Waals surface area (Å²) in [5.74, 6) is 0.559. The molecule has 1 aromatic carbocycles. The summed E-state index contributed by atoms with van der Waals surface area (Å²) >= 11 is 0. The number of piperidine rings is 1. The van der Waals surface area contributed by atoms with Gasteiger partial charge in [0, 0.05) is 44.7 Å². The molecule has 7 nitrogen and oxygen atoms in total. The summed E-state index contributed by atoms with van der Waals surface area (Å²) < 4.78 is 5.02. The lowest BCUT2D eigenvalue weighted by molar-refractivity contribution is 0.0937. The van der Waals surface area contributed by atoms with Gasteiger partial charge < -0.3 is 25.6 Å². The van der Waals surface area contributed by atoms with E-state index < -0.39 is 0 Å². The highest BCUT2D eigenvalue weighted by Gasteiger charge is 2.21. The summed E-state index contributed by atoms with van der Waals surface area (Å²) in [6.07, 6.45) is 4.19. The topological polar surface area (TPSA) is 82.7 Å². The van der Waals surface area contributed by atoms with Crippen LogP contribution in [0.4, 0.5) is 16.2 Å². The van der Waals surface area contributed by atoms with E-state index in [4.69, 9.17) is 4.74 Å². The molecule has 1 aliphatic rings. The minimum absolute atomic E-state index is 0.152. The Morgan fingerprint density at radius 2 is 1.93 bits per heavy atom. The average Bonchev–Trinajstić information content (AvgIpc) is 2.69. The van der Waals surface area contributed by atoms with Gasteiger partial charge in [-0.05, 0) is 43.4 Å². The maximum absolute atomic E-state index is 12.8. The fourth-order valence-electron chi connectivity index (χ4n) is 3.24. The molecule has 3 N–H and O–H groups in total. The standard InChI is InChI=1S/C21H34N4O3/c1-4-5-10-23-21(27)24-17-6-7-19(25-12-8-16(2)9-13-25)18(15-17)20(26)22-11-14-28-3/h6-7,15-16H,4-5,8-14H2,1-3H3,(H,22,26)(H2,23,24,27). The lowest BCUT2D eigenvalue weighted by Crippen LogP contribution is -2.35. The number of hydrogen-bond donors (Lipinski definition) is 3. The van der Waals surface area contributed by atoms with Gasteiger partial charge in [0.05, 0.1) is 12.2 Å². The summed E-state index contributed by atoms with van der Waals surface area (Å²) in [7, 11) is 1.61. The molecule has 0 spiro atoms. The highest BCUT2D eigenvalue weighted by Crippen LogP contribution is 2.28. The van der Waals surface area contributed by atoms with Gasteiger partial charge in [0.1, 0.15) is 0 Å². The van der Waals surface area contributed by atoms with Crippen molar-refractivity contribution in [3.8, 4) is 0 Å². The molecular formula is C21H34N4O3. The molecule has 0 saturated carbocycles. The van der Waals surface area contributed by atoms with Crippen molar-refractivity contribution < 1.29 is 14.3 Å². The van der Waals surface area contributed by atoms with Crippen LogP contribution in [0.5, 0.6) is 0 Å². The molecule has 3 amide bonds. The highest BCUT2D eigenvalue weighted by atomic mass is 16.5. The van der Waals surface area contributed by atoms with Gasteiger partial charge in [-0.2, -0.15) is 0 Å². The van der Waals surface area contributed by atoms with Crippen LogP contribution in [-0.4, -0.2) is 51.8 Å². The van der Waals surface area contributed by atoms with Gasteiger partial charge in [-0.15, -0.1) is 0 Å². The molecule has 1 heterocycles. The first-order valence-electron chi connectivity index (χ1n) is 10.3. The Kier molecular flexibility index (Phi) is 9.07. The summed E-state index contributed by atoms with van der Waals surface area (Å²) in [6, 6.07) is 5.30. The smallest absolute Gasteiger partial charge is 0.319 e. The molecule has 0 aromatic heterocycles. The van der Waals surface area contributed by atoms with Gasteiger partial charge >= 0.3 is 6.03 Å². The number of urea groups is 1. The van der Waals surface area contributed by atoms with E-state index in [1.807, 2.05) is 12.1 Å². The van der Waals surface area contributed by atoms with Gasteiger partial charge in [-0.25, -0.2) is 4.79 Å². The minimum atomic E-state index is -0.251. The third kappa shape index (κ3) is 6.71. The molecule has 28 heavy (non-hydrogen) atoms. The number of amides is 3. The molecule has 0 radical (unpaired) electrons. The second-order valence-electron chi connectivity index (χ2n) is 7.38. The lowest BCUT2D eigenvalue weighted by Gasteiger charge is -2.33. The van der Waals surface area contributed by atoms with Crippen LogP contribution < -0.4 is 20.9 Å². The quantitative estimate of drug-likeness (QED) is 0.566. The first-order chi connectivity index (χ1) is 13.5. The number of unbranched alkanes of at least 4 members (excludes halogenated alkanes) is 1. The summed E-state index contributed by atoms with van der Waals surface area (Å²) in [4.78, 5) is 27.1. The van der Waals surface area contributed by atoms with Gasteiger partial charge in [-0.3, -0.25) is 4.79 Å². The third-order valence-electron chi connectivity index (χ3n) is 5.03. The van der Waals surface area contributed by atoms with Crippen molar-refractivity contribution in [3.05, 3.63) is 23.8 Å². The fourth-order valence-corrected chi connectivity index (χ4v) is 3.24. The van der Waals surface area contributed by atoms with Gasteiger partial charge in [0.2, 0.25) is 0 Å². The number of ether oxygens (including phenoxy) is 1. The average molecular weight is 391 g/mol. The predicted molar refractivity (Wildman–Crippen MR) is 113 cm³/mol. The molecule has 0 atom stereocenters. The van der Waals surface area contributed by atoms with E-state index in [0.29, 0.717) is 36.9 Å².